The number of amides is 1. The molecule has 1 aromatic rings. The third-order valence-electron chi connectivity index (χ3n) is 2.89. The lowest BCUT2D eigenvalue weighted by Crippen LogP contribution is -2.37. The van der Waals surface area contributed by atoms with Crippen molar-refractivity contribution in [1.29, 1.82) is 0 Å². The van der Waals surface area contributed by atoms with Crippen molar-refractivity contribution in [2.75, 3.05) is 20.1 Å². The summed E-state index contributed by atoms with van der Waals surface area (Å²) in [4.78, 5) is 23.9. The molecule has 8 heteroatoms. The summed E-state index contributed by atoms with van der Waals surface area (Å²) in [7, 11) is 1.65. The SMILES string of the molecule is CN(CCNCc1ccc(Br)cc1[N+](=O)[O-])C(=O)OC(C)(C)C. The van der Waals surface area contributed by atoms with E-state index in [-0.39, 0.29) is 5.69 Å². The molecule has 128 valence electrons. The van der Waals surface area contributed by atoms with E-state index < -0.39 is 16.6 Å². The summed E-state index contributed by atoms with van der Waals surface area (Å²) in [5, 5.41) is 14.1. The first-order chi connectivity index (χ1) is 10.6. The highest BCUT2D eigenvalue weighted by Gasteiger charge is 2.19. The second kappa shape index (κ2) is 8.26. The Hall–Kier alpha value is -1.67. The molecule has 0 aliphatic rings. The van der Waals surface area contributed by atoms with Gasteiger partial charge >= 0.3 is 6.09 Å². The molecular formula is C15H22BrN3O4. The predicted molar refractivity (Wildman–Crippen MR) is 91.4 cm³/mol. The Morgan fingerprint density at radius 3 is 2.65 bits per heavy atom. The first-order valence-corrected chi connectivity index (χ1v) is 7.97. The van der Waals surface area contributed by atoms with Gasteiger partial charge in [0.2, 0.25) is 0 Å². The van der Waals surface area contributed by atoms with E-state index in [0.717, 1.165) is 0 Å². The van der Waals surface area contributed by atoms with Gasteiger partial charge in [0, 0.05) is 42.8 Å². The number of nitro benzene ring substituents is 1. The first kappa shape index (κ1) is 19.4. The maximum atomic E-state index is 11.8. The molecule has 1 N–H and O–H groups in total. The number of benzene rings is 1. The van der Waals surface area contributed by atoms with Gasteiger partial charge in [-0.05, 0) is 32.9 Å². The lowest BCUT2D eigenvalue weighted by molar-refractivity contribution is -0.385. The molecule has 0 unspecified atom stereocenters. The zero-order valence-corrected chi connectivity index (χ0v) is 15.3. The molecule has 1 amide bonds. The van der Waals surface area contributed by atoms with Crippen molar-refractivity contribution in [2.24, 2.45) is 0 Å². The van der Waals surface area contributed by atoms with Crippen LogP contribution in [0.25, 0.3) is 0 Å². The van der Waals surface area contributed by atoms with Crippen molar-refractivity contribution in [3.8, 4) is 0 Å². The standard InChI is InChI=1S/C15H22BrN3O4/c1-15(2,3)23-14(20)18(4)8-7-17-10-11-5-6-12(16)9-13(11)19(21)22/h5-6,9,17H,7-8,10H2,1-4H3. The zero-order chi connectivity index (χ0) is 17.6. The molecule has 0 aliphatic carbocycles. The van der Waals surface area contributed by atoms with Crippen LogP contribution in [-0.2, 0) is 11.3 Å². The summed E-state index contributed by atoms with van der Waals surface area (Å²) in [6.07, 6.45) is -0.395. The minimum Gasteiger partial charge on any atom is -0.444 e. The summed E-state index contributed by atoms with van der Waals surface area (Å²) in [6.45, 7) is 6.73. The number of likely N-dealkylation sites (N-methyl/N-ethyl adjacent to an activating group) is 1. The number of halogens is 1. The Kier molecular flexibility index (Phi) is 6.96. The van der Waals surface area contributed by atoms with Crippen LogP contribution in [0.3, 0.4) is 0 Å². The molecule has 0 heterocycles. The van der Waals surface area contributed by atoms with Crippen LogP contribution in [0.4, 0.5) is 10.5 Å². The summed E-state index contributed by atoms with van der Waals surface area (Å²) in [5.74, 6) is 0. The molecule has 0 aliphatic heterocycles. The van der Waals surface area contributed by atoms with Gasteiger partial charge in [0.25, 0.3) is 5.69 Å². The van der Waals surface area contributed by atoms with E-state index in [9.17, 15) is 14.9 Å². The Balaban J connectivity index is 2.46. The van der Waals surface area contributed by atoms with Crippen LogP contribution in [0.15, 0.2) is 22.7 Å². The lowest BCUT2D eigenvalue weighted by atomic mass is 10.2. The molecule has 0 saturated carbocycles. The first-order valence-electron chi connectivity index (χ1n) is 7.18. The normalized spacial score (nSPS) is 11.2. The third kappa shape index (κ3) is 6.96. The second-order valence-corrected chi connectivity index (χ2v) is 7.02. The smallest absolute Gasteiger partial charge is 0.410 e. The Bertz CT molecular complexity index is 572. The molecular weight excluding hydrogens is 366 g/mol. The average molecular weight is 388 g/mol. The fourth-order valence-electron chi connectivity index (χ4n) is 1.76. The van der Waals surface area contributed by atoms with Crippen LogP contribution in [0.1, 0.15) is 26.3 Å². The molecule has 0 bridgehead atoms. The van der Waals surface area contributed by atoms with Crippen LogP contribution in [0, 0.1) is 10.1 Å². The number of hydrogen-bond donors (Lipinski definition) is 1. The number of nitrogens with one attached hydrogen (secondary N) is 1. The van der Waals surface area contributed by atoms with Gasteiger partial charge in [-0.25, -0.2) is 4.79 Å². The Morgan fingerprint density at radius 1 is 1.43 bits per heavy atom. The van der Waals surface area contributed by atoms with E-state index in [1.54, 1.807) is 19.2 Å². The van der Waals surface area contributed by atoms with Crippen LogP contribution in [0.5, 0.6) is 0 Å². The highest BCUT2D eigenvalue weighted by molar-refractivity contribution is 9.10. The number of rotatable bonds is 6. The van der Waals surface area contributed by atoms with Gasteiger partial charge in [-0.15, -0.1) is 0 Å². The van der Waals surface area contributed by atoms with E-state index in [1.807, 2.05) is 20.8 Å². The Morgan fingerprint density at radius 2 is 2.09 bits per heavy atom. The van der Waals surface area contributed by atoms with Crippen LogP contribution >= 0.6 is 15.9 Å². The number of ether oxygens (including phenoxy) is 1. The van der Waals surface area contributed by atoms with E-state index in [2.05, 4.69) is 21.2 Å². The number of carbonyl (C=O) groups excluding carboxylic acids is 1. The van der Waals surface area contributed by atoms with Crippen molar-refractivity contribution in [2.45, 2.75) is 32.9 Å². The molecule has 0 atom stereocenters. The largest absolute Gasteiger partial charge is 0.444 e. The minimum absolute atomic E-state index is 0.0624. The van der Waals surface area contributed by atoms with Crippen molar-refractivity contribution >= 4 is 27.7 Å². The Labute approximate surface area is 144 Å². The van der Waals surface area contributed by atoms with Crippen LogP contribution in [-0.4, -0.2) is 41.7 Å². The molecule has 7 nitrogen and oxygen atoms in total. The summed E-state index contributed by atoms with van der Waals surface area (Å²) >= 11 is 3.22. The lowest BCUT2D eigenvalue weighted by Gasteiger charge is -2.24. The van der Waals surface area contributed by atoms with Crippen LogP contribution in [0.2, 0.25) is 0 Å². The molecule has 0 radical (unpaired) electrons. The van der Waals surface area contributed by atoms with E-state index in [1.165, 1.54) is 11.0 Å². The molecule has 0 spiro atoms. The molecule has 0 aromatic heterocycles. The number of nitro groups is 1. The van der Waals surface area contributed by atoms with Gasteiger partial charge in [0.1, 0.15) is 5.60 Å². The fourth-order valence-corrected chi connectivity index (χ4v) is 2.11. The van der Waals surface area contributed by atoms with Crippen molar-refractivity contribution in [1.82, 2.24) is 10.2 Å². The third-order valence-corrected chi connectivity index (χ3v) is 3.38. The molecule has 0 saturated heterocycles. The van der Waals surface area contributed by atoms with Gasteiger partial charge in [-0.3, -0.25) is 10.1 Å². The van der Waals surface area contributed by atoms with E-state index >= 15 is 0 Å². The molecule has 1 rings (SSSR count). The summed E-state index contributed by atoms with van der Waals surface area (Å²) in [6, 6.07) is 4.94. The van der Waals surface area contributed by atoms with Crippen molar-refractivity contribution in [3.05, 3.63) is 38.3 Å². The van der Waals surface area contributed by atoms with E-state index in [0.29, 0.717) is 29.7 Å². The molecule has 23 heavy (non-hydrogen) atoms. The quantitative estimate of drug-likeness (QED) is 0.459. The monoisotopic (exact) mass is 387 g/mol. The van der Waals surface area contributed by atoms with E-state index in [4.69, 9.17) is 4.74 Å². The topological polar surface area (TPSA) is 84.7 Å². The van der Waals surface area contributed by atoms with Gasteiger partial charge in [0.05, 0.1) is 4.92 Å². The minimum atomic E-state index is -0.531. The maximum Gasteiger partial charge on any atom is 0.410 e. The van der Waals surface area contributed by atoms with Crippen LogP contribution < -0.4 is 5.32 Å². The van der Waals surface area contributed by atoms with Gasteiger partial charge in [-0.2, -0.15) is 0 Å². The van der Waals surface area contributed by atoms with Crippen molar-refractivity contribution in [3.63, 3.8) is 0 Å². The van der Waals surface area contributed by atoms with Crippen molar-refractivity contribution < 1.29 is 14.5 Å². The second-order valence-electron chi connectivity index (χ2n) is 6.11. The highest BCUT2D eigenvalue weighted by Crippen LogP contribution is 2.23. The number of nitrogens with zero attached hydrogens (tertiary/aromatic N) is 2. The van der Waals surface area contributed by atoms with Gasteiger partial charge < -0.3 is 15.0 Å². The maximum absolute atomic E-state index is 11.8. The fraction of sp³-hybridized carbons (Fsp3) is 0.533. The summed E-state index contributed by atoms with van der Waals surface area (Å²) in [5.41, 5.74) is 0.127. The average Bonchev–Trinajstić information content (AvgIpc) is 2.42. The number of hydrogen-bond acceptors (Lipinski definition) is 5. The van der Waals surface area contributed by atoms with Gasteiger partial charge in [0.15, 0.2) is 0 Å². The predicted octanol–water partition coefficient (Wildman–Crippen LogP) is 3.31. The molecule has 1 aromatic carbocycles. The molecule has 0 fully saturated rings. The highest BCUT2D eigenvalue weighted by atomic mass is 79.9. The number of carbonyl (C=O) groups is 1. The van der Waals surface area contributed by atoms with Gasteiger partial charge in [-0.1, -0.05) is 15.9 Å². The summed E-state index contributed by atoms with van der Waals surface area (Å²) < 4.78 is 5.91. The zero-order valence-electron chi connectivity index (χ0n) is 13.8.